The average Bonchev–Trinajstić information content (AvgIpc) is 2.55. The molecule has 0 N–H and O–H groups in total. The van der Waals surface area contributed by atoms with Crippen LogP contribution in [0.25, 0.3) is 33.7 Å². The molecule has 0 bridgehead atoms. The van der Waals surface area contributed by atoms with Crippen LogP contribution in [0.3, 0.4) is 0 Å². The maximum atomic E-state index is 3.70. The first-order chi connectivity index (χ1) is 10.3. The van der Waals surface area contributed by atoms with E-state index in [0.717, 1.165) is 4.47 Å². The summed E-state index contributed by atoms with van der Waals surface area (Å²) in [6.07, 6.45) is 4.35. The van der Waals surface area contributed by atoms with E-state index in [2.05, 4.69) is 84.4 Å². The molecule has 0 unspecified atom stereocenters. The first-order valence-electron chi connectivity index (χ1n) is 7.49. The van der Waals surface area contributed by atoms with Crippen LogP contribution in [0.15, 0.2) is 46.9 Å². The lowest BCUT2D eigenvalue weighted by Crippen LogP contribution is -2.26. The predicted octanol–water partition coefficient (Wildman–Crippen LogP) is 5.38. The van der Waals surface area contributed by atoms with E-state index in [9.17, 15) is 0 Å². The molecule has 108 valence electrons. The first-order valence-corrected chi connectivity index (χ1v) is 8.28. The standard InChI is InChI=1S/C18H15Br.C2H6/c1-3-13-14(4-2)18(19)11-17-15-8-6-5-7-12(15)9-10-16(13)17;1-2/h3-11H,1-2H3;1-2H3/b13-3+,14-4+;. The number of hydrogen-bond acceptors (Lipinski definition) is 0. The maximum Gasteiger partial charge on any atom is 0.0256 e. The smallest absolute Gasteiger partial charge is 0.0256 e. The summed E-state index contributed by atoms with van der Waals surface area (Å²) in [6.45, 7) is 8.18. The lowest BCUT2D eigenvalue weighted by molar-refractivity contribution is 1.50. The molecule has 1 heteroatoms. The van der Waals surface area contributed by atoms with Crippen molar-refractivity contribution >= 4 is 49.6 Å². The van der Waals surface area contributed by atoms with Crippen LogP contribution in [-0.2, 0) is 0 Å². The largest absolute Gasteiger partial charge is 0.0791 e. The lowest BCUT2D eigenvalue weighted by atomic mass is 9.99. The zero-order chi connectivity index (χ0) is 15.4. The van der Waals surface area contributed by atoms with Crippen LogP contribution in [-0.4, -0.2) is 0 Å². The third kappa shape index (κ3) is 2.75. The molecule has 0 fully saturated rings. The molecule has 0 aromatic heterocycles. The van der Waals surface area contributed by atoms with E-state index in [0.29, 0.717) is 0 Å². The van der Waals surface area contributed by atoms with Gasteiger partial charge in [-0.15, -0.1) is 0 Å². The van der Waals surface area contributed by atoms with Crippen molar-refractivity contribution in [1.82, 2.24) is 0 Å². The van der Waals surface area contributed by atoms with Crippen LogP contribution in [0.4, 0.5) is 0 Å². The quantitative estimate of drug-likeness (QED) is 0.482. The highest BCUT2D eigenvalue weighted by atomic mass is 79.9. The molecule has 0 heterocycles. The summed E-state index contributed by atoms with van der Waals surface area (Å²) in [6, 6.07) is 15.2. The fraction of sp³-hybridized carbons (Fsp3) is 0.200. The molecule has 0 aliphatic heterocycles. The highest BCUT2D eigenvalue weighted by Crippen LogP contribution is 2.24. The van der Waals surface area contributed by atoms with E-state index in [1.807, 2.05) is 13.8 Å². The summed E-state index contributed by atoms with van der Waals surface area (Å²) in [4.78, 5) is 0. The minimum absolute atomic E-state index is 1.16. The minimum Gasteiger partial charge on any atom is -0.0791 e. The monoisotopic (exact) mass is 340 g/mol. The van der Waals surface area contributed by atoms with Crippen molar-refractivity contribution in [3.8, 4) is 0 Å². The molecule has 3 rings (SSSR count). The van der Waals surface area contributed by atoms with Crippen LogP contribution in [0.5, 0.6) is 0 Å². The van der Waals surface area contributed by atoms with Gasteiger partial charge in [-0.05, 0) is 51.9 Å². The van der Waals surface area contributed by atoms with Gasteiger partial charge in [-0.2, -0.15) is 0 Å². The molecule has 0 saturated heterocycles. The van der Waals surface area contributed by atoms with Crippen molar-refractivity contribution in [1.29, 1.82) is 0 Å². The second kappa shape index (κ2) is 6.91. The normalized spacial score (nSPS) is 12.6. The SMILES string of the molecule is C/C=c1\c(=C/C)c(Br)cc2c1ccc1ccccc12.CC. The maximum absolute atomic E-state index is 3.70. The average molecular weight is 341 g/mol. The van der Waals surface area contributed by atoms with Gasteiger partial charge in [-0.25, -0.2) is 0 Å². The number of benzene rings is 3. The van der Waals surface area contributed by atoms with Gasteiger partial charge in [0.1, 0.15) is 0 Å². The van der Waals surface area contributed by atoms with Gasteiger partial charge < -0.3 is 0 Å². The summed E-state index contributed by atoms with van der Waals surface area (Å²) < 4.78 is 1.16. The first kappa shape index (κ1) is 15.8. The topological polar surface area (TPSA) is 0 Å². The highest BCUT2D eigenvalue weighted by molar-refractivity contribution is 9.10. The summed E-state index contributed by atoms with van der Waals surface area (Å²) in [5.41, 5.74) is 0. The Kier molecular flexibility index (Phi) is 5.19. The van der Waals surface area contributed by atoms with Crippen molar-refractivity contribution in [2.24, 2.45) is 0 Å². The van der Waals surface area contributed by atoms with E-state index >= 15 is 0 Å². The Morgan fingerprint density at radius 3 is 2.10 bits per heavy atom. The van der Waals surface area contributed by atoms with Crippen LogP contribution in [0, 0.1) is 0 Å². The third-order valence-electron chi connectivity index (χ3n) is 3.66. The minimum atomic E-state index is 1.16. The summed E-state index contributed by atoms with van der Waals surface area (Å²) in [7, 11) is 0. The Morgan fingerprint density at radius 2 is 1.43 bits per heavy atom. The van der Waals surface area contributed by atoms with Crippen molar-refractivity contribution in [3.63, 3.8) is 0 Å². The van der Waals surface area contributed by atoms with Crippen molar-refractivity contribution in [3.05, 3.63) is 57.4 Å². The van der Waals surface area contributed by atoms with E-state index in [1.54, 1.807) is 0 Å². The van der Waals surface area contributed by atoms with Gasteiger partial charge in [0.25, 0.3) is 0 Å². The van der Waals surface area contributed by atoms with E-state index < -0.39 is 0 Å². The van der Waals surface area contributed by atoms with Crippen LogP contribution < -0.4 is 10.4 Å². The van der Waals surface area contributed by atoms with Crippen molar-refractivity contribution in [2.45, 2.75) is 27.7 Å². The summed E-state index contributed by atoms with van der Waals surface area (Å²) in [5.74, 6) is 0. The zero-order valence-electron chi connectivity index (χ0n) is 13.1. The third-order valence-corrected chi connectivity index (χ3v) is 4.31. The molecule has 0 nitrogen and oxygen atoms in total. The fourth-order valence-electron chi connectivity index (χ4n) is 2.77. The molecule has 21 heavy (non-hydrogen) atoms. The molecular formula is C20H21Br. The highest BCUT2D eigenvalue weighted by Gasteiger charge is 2.04. The molecule has 0 aliphatic rings. The molecule has 3 aromatic rings. The zero-order valence-corrected chi connectivity index (χ0v) is 14.7. The molecule has 0 spiro atoms. The molecule has 0 saturated carbocycles. The number of hydrogen-bond donors (Lipinski definition) is 0. The Labute approximate surface area is 134 Å². The van der Waals surface area contributed by atoms with Gasteiger partial charge in [0, 0.05) is 4.47 Å². The summed E-state index contributed by atoms with van der Waals surface area (Å²) in [5, 5.41) is 7.80. The number of rotatable bonds is 0. The van der Waals surface area contributed by atoms with Gasteiger partial charge >= 0.3 is 0 Å². The molecule has 3 aromatic carbocycles. The number of fused-ring (bicyclic) bond motifs is 3. The fourth-order valence-corrected chi connectivity index (χ4v) is 3.44. The molecule has 0 atom stereocenters. The Hall–Kier alpha value is -1.60. The molecule has 0 amide bonds. The van der Waals surface area contributed by atoms with Crippen LogP contribution in [0.2, 0.25) is 0 Å². The van der Waals surface area contributed by atoms with Crippen molar-refractivity contribution in [2.75, 3.05) is 0 Å². The van der Waals surface area contributed by atoms with E-state index in [4.69, 9.17) is 0 Å². The Morgan fingerprint density at radius 1 is 0.762 bits per heavy atom. The second-order valence-electron chi connectivity index (χ2n) is 4.64. The van der Waals surface area contributed by atoms with Crippen LogP contribution >= 0.6 is 15.9 Å². The summed E-state index contributed by atoms with van der Waals surface area (Å²) >= 11 is 3.70. The van der Waals surface area contributed by atoms with Gasteiger partial charge in [0.2, 0.25) is 0 Å². The molecular weight excluding hydrogens is 320 g/mol. The predicted molar refractivity (Wildman–Crippen MR) is 100 cm³/mol. The number of halogens is 1. The molecule has 0 aliphatic carbocycles. The molecule has 0 radical (unpaired) electrons. The van der Waals surface area contributed by atoms with E-state index in [-0.39, 0.29) is 0 Å². The van der Waals surface area contributed by atoms with E-state index in [1.165, 1.54) is 32.0 Å². The Bertz CT molecular complexity index is 889. The van der Waals surface area contributed by atoms with Gasteiger partial charge in [0.05, 0.1) is 0 Å². The van der Waals surface area contributed by atoms with Crippen molar-refractivity contribution < 1.29 is 0 Å². The van der Waals surface area contributed by atoms with Gasteiger partial charge in [0.15, 0.2) is 0 Å². The van der Waals surface area contributed by atoms with Gasteiger partial charge in [-0.3, -0.25) is 0 Å². The van der Waals surface area contributed by atoms with Crippen LogP contribution in [0.1, 0.15) is 27.7 Å². The Balaban J connectivity index is 0.000000774. The lowest BCUT2D eigenvalue weighted by Gasteiger charge is -2.07. The second-order valence-corrected chi connectivity index (χ2v) is 5.50. The van der Waals surface area contributed by atoms with Gasteiger partial charge in [-0.1, -0.05) is 78.3 Å².